The topological polar surface area (TPSA) is 37.3 Å². The maximum absolute atomic E-state index is 11.8. The van der Waals surface area contributed by atoms with Crippen LogP contribution in [-0.2, 0) is 10.8 Å². The van der Waals surface area contributed by atoms with Crippen LogP contribution < -0.4 is 0 Å². The predicted octanol–water partition coefficient (Wildman–Crippen LogP) is 1.20. The van der Waals surface area contributed by atoms with Crippen LogP contribution in [0.1, 0.15) is 38.5 Å². The van der Waals surface area contributed by atoms with Gasteiger partial charge in [0.2, 0.25) is 0 Å². The van der Waals surface area contributed by atoms with Crippen molar-refractivity contribution >= 4 is 10.8 Å². The molecule has 2 rings (SSSR count). The summed E-state index contributed by atoms with van der Waals surface area (Å²) in [5.74, 6) is 2.53. The first-order chi connectivity index (χ1) is 6.64. The molecular formula is C11H16O2S. The summed E-state index contributed by atoms with van der Waals surface area (Å²) in [7, 11) is -0.715. The maximum atomic E-state index is 11.8. The maximum Gasteiger partial charge on any atom is 0.0779 e. The predicted molar refractivity (Wildman–Crippen MR) is 57.2 cm³/mol. The average molecular weight is 212 g/mol. The van der Waals surface area contributed by atoms with E-state index in [1.54, 1.807) is 0 Å². The molecule has 3 heteroatoms. The first-order valence-electron chi connectivity index (χ1n) is 5.20. The number of fused-ring (bicyclic) bond motifs is 2. The first kappa shape index (κ1) is 10.2. The van der Waals surface area contributed by atoms with E-state index in [1.807, 2.05) is 0 Å². The number of hydrogen-bond donors (Lipinski definition) is 1. The lowest BCUT2D eigenvalue weighted by Crippen LogP contribution is -2.48. The summed E-state index contributed by atoms with van der Waals surface area (Å²) in [4.78, 5) is 0. The molecule has 2 saturated heterocycles. The van der Waals surface area contributed by atoms with E-state index < -0.39 is 16.4 Å². The lowest BCUT2D eigenvalue weighted by Gasteiger charge is -2.42. The molecule has 78 valence electrons. The van der Waals surface area contributed by atoms with Crippen LogP contribution in [0.5, 0.6) is 0 Å². The van der Waals surface area contributed by atoms with Gasteiger partial charge in [0.25, 0.3) is 0 Å². The van der Waals surface area contributed by atoms with Crippen molar-refractivity contribution in [3.8, 4) is 12.3 Å². The van der Waals surface area contributed by atoms with Gasteiger partial charge in [-0.2, -0.15) is 0 Å². The molecule has 2 nitrogen and oxygen atoms in total. The molecule has 2 bridgehead atoms. The summed E-state index contributed by atoms with van der Waals surface area (Å²) in [6.07, 6.45) is 10.1. The van der Waals surface area contributed by atoms with Crippen molar-refractivity contribution < 1.29 is 9.32 Å². The van der Waals surface area contributed by atoms with Crippen molar-refractivity contribution in [2.45, 2.75) is 54.6 Å². The molecule has 0 amide bonds. The Kier molecular flexibility index (Phi) is 2.68. The number of terminal acetylenes is 1. The zero-order valence-electron chi connectivity index (χ0n) is 8.24. The molecule has 0 radical (unpaired) electrons. The van der Waals surface area contributed by atoms with Crippen molar-refractivity contribution in [2.24, 2.45) is 0 Å². The van der Waals surface area contributed by atoms with E-state index >= 15 is 0 Å². The van der Waals surface area contributed by atoms with Crippen LogP contribution >= 0.6 is 0 Å². The standard InChI is InChI=1S/C11H16O2S/c1-2-6-11(12)7-9-4-3-5-10(8-11)14(9)13/h1,9-10,12H,3-8H2. The van der Waals surface area contributed by atoms with E-state index in [0.29, 0.717) is 19.3 Å². The summed E-state index contributed by atoms with van der Waals surface area (Å²) in [5, 5.41) is 10.6. The molecule has 2 aliphatic heterocycles. The molecule has 0 aliphatic carbocycles. The molecule has 2 aliphatic rings. The quantitative estimate of drug-likeness (QED) is 0.663. The molecule has 0 spiro atoms. The molecule has 2 atom stereocenters. The lowest BCUT2D eigenvalue weighted by atomic mass is 9.83. The third-order valence-electron chi connectivity index (χ3n) is 3.36. The van der Waals surface area contributed by atoms with Gasteiger partial charge in [-0.3, -0.25) is 4.21 Å². The highest BCUT2D eigenvalue weighted by molar-refractivity contribution is 7.86. The fourth-order valence-corrected chi connectivity index (χ4v) is 5.00. The molecular weight excluding hydrogens is 196 g/mol. The SMILES string of the molecule is C#CCC1(O)CC2CCCC(C1)S2=O. The Morgan fingerprint density at radius 1 is 1.43 bits per heavy atom. The highest BCUT2D eigenvalue weighted by Gasteiger charge is 2.44. The normalized spacial score (nSPS) is 47.0. The number of aliphatic hydroxyl groups is 1. The minimum absolute atomic E-state index is 0.195. The Morgan fingerprint density at radius 2 is 2.00 bits per heavy atom. The first-order valence-corrected chi connectivity index (χ1v) is 6.47. The zero-order chi connectivity index (χ0) is 10.2. The van der Waals surface area contributed by atoms with E-state index in [2.05, 4.69) is 5.92 Å². The Bertz CT molecular complexity index is 276. The largest absolute Gasteiger partial charge is 0.389 e. The van der Waals surface area contributed by atoms with Gasteiger partial charge in [-0.05, 0) is 25.7 Å². The molecule has 14 heavy (non-hydrogen) atoms. The van der Waals surface area contributed by atoms with E-state index in [0.717, 1.165) is 19.3 Å². The fourth-order valence-electron chi connectivity index (χ4n) is 2.71. The van der Waals surface area contributed by atoms with Gasteiger partial charge in [-0.15, -0.1) is 12.3 Å². The van der Waals surface area contributed by atoms with Crippen molar-refractivity contribution in [3.05, 3.63) is 0 Å². The Hall–Kier alpha value is -0.330. The molecule has 0 aromatic rings. The van der Waals surface area contributed by atoms with Crippen LogP contribution in [0.2, 0.25) is 0 Å². The van der Waals surface area contributed by atoms with E-state index in [4.69, 9.17) is 6.42 Å². The van der Waals surface area contributed by atoms with Gasteiger partial charge in [-0.1, -0.05) is 6.42 Å². The van der Waals surface area contributed by atoms with Crippen LogP contribution in [-0.4, -0.2) is 25.4 Å². The average Bonchev–Trinajstić information content (AvgIpc) is 2.08. The third kappa shape index (κ3) is 1.74. The Balaban J connectivity index is 2.15. The van der Waals surface area contributed by atoms with Crippen molar-refractivity contribution in [3.63, 3.8) is 0 Å². The van der Waals surface area contributed by atoms with Crippen molar-refractivity contribution in [1.82, 2.24) is 0 Å². The molecule has 0 aromatic carbocycles. The smallest absolute Gasteiger partial charge is 0.0779 e. The highest BCUT2D eigenvalue weighted by atomic mass is 32.2. The number of rotatable bonds is 1. The summed E-state index contributed by atoms with van der Waals surface area (Å²) in [6, 6.07) is 0. The van der Waals surface area contributed by atoms with Crippen LogP contribution in [0, 0.1) is 12.3 Å². The minimum Gasteiger partial charge on any atom is -0.389 e. The van der Waals surface area contributed by atoms with Crippen LogP contribution in [0.3, 0.4) is 0 Å². The zero-order valence-corrected chi connectivity index (χ0v) is 9.05. The number of hydrogen-bond acceptors (Lipinski definition) is 2. The van der Waals surface area contributed by atoms with E-state index in [-0.39, 0.29) is 10.5 Å². The summed E-state index contributed by atoms with van der Waals surface area (Å²) in [6.45, 7) is 0. The van der Waals surface area contributed by atoms with Crippen molar-refractivity contribution in [2.75, 3.05) is 0 Å². The van der Waals surface area contributed by atoms with Gasteiger partial charge in [0, 0.05) is 27.7 Å². The van der Waals surface area contributed by atoms with Crippen LogP contribution in [0.25, 0.3) is 0 Å². The van der Waals surface area contributed by atoms with E-state index in [1.165, 1.54) is 0 Å². The summed E-state index contributed by atoms with van der Waals surface area (Å²) >= 11 is 0. The second-order valence-electron chi connectivity index (χ2n) is 4.52. The van der Waals surface area contributed by atoms with Gasteiger partial charge >= 0.3 is 0 Å². The molecule has 2 heterocycles. The highest BCUT2D eigenvalue weighted by Crippen LogP contribution is 2.40. The van der Waals surface area contributed by atoms with Gasteiger partial charge < -0.3 is 5.11 Å². The minimum atomic E-state index is -0.724. The van der Waals surface area contributed by atoms with E-state index in [9.17, 15) is 9.32 Å². The molecule has 1 N–H and O–H groups in total. The lowest BCUT2D eigenvalue weighted by molar-refractivity contribution is 0.0160. The van der Waals surface area contributed by atoms with Crippen LogP contribution in [0.15, 0.2) is 0 Å². The summed E-state index contributed by atoms with van der Waals surface area (Å²) < 4.78 is 11.8. The molecule has 2 unspecified atom stereocenters. The third-order valence-corrected chi connectivity index (χ3v) is 5.47. The molecule has 2 fully saturated rings. The summed E-state index contributed by atoms with van der Waals surface area (Å²) in [5.41, 5.74) is -0.724. The fraction of sp³-hybridized carbons (Fsp3) is 0.818. The Labute approximate surface area is 87.5 Å². The van der Waals surface area contributed by atoms with Gasteiger partial charge in [0.1, 0.15) is 0 Å². The second kappa shape index (κ2) is 3.67. The molecule has 0 aromatic heterocycles. The van der Waals surface area contributed by atoms with Crippen molar-refractivity contribution in [1.29, 1.82) is 0 Å². The monoisotopic (exact) mass is 212 g/mol. The van der Waals surface area contributed by atoms with Gasteiger partial charge in [0.05, 0.1) is 5.60 Å². The Morgan fingerprint density at radius 3 is 2.50 bits per heavy atom. The second-order valence-corrected chi connectivity index (χ2v) is 6.51. The van der Waals surface area contributed by atoms with Gasteiger partial charge in [0.15, 0.2) is 0 Å². The van der Waals surface area contributed by atoms with Crippen LogP contribution in [0.4, 0.5) is 0 Å². The van der Waals surface area contributed by atoms with Gasteiger partial charge in [-0.25, -0.2) is 0 Å². The molecule has 0 saturated carbocycles.